The molecule has 3 N–H and O–H groups in total. The van der Waals surface area contributed by atoms with Crippen molar-refractivity contribution in [1.82, 2.24) is 20.4 Å². The first-order valence-electron chi connectivity index (χ1n) is 6.95. The number of likely N-dealkylation sites (N-methyl/N-ethyl adjacent to an activating group) is 1. The van der Waals surface area contributed by atoms with Gasteiger partial charge in [0.2, 0.25) is 5.91 Å². The molecule has 1 aliphatic heterocycles. The molecule has 2 heterocycles. The van der Waals surface area contributed by atoms with E-state index in [2.05, 4.69) is 32.2 Å². The number of nitrogens with zero attached hydrogens (tertiary/aromatic N) is 4. The Bertz CT molecular complexity index is 525. The van der Waals surface area contributed by atoms with Crippen molar-refractivity contribution in [3.63, 3.8) is 0 Å². The fourth-order valence-corrected chi connectivity index (χ4v) is 2.89. The van der Waals surface area contributed by atoms with Crippen molar-refractivity contribution in [3.8, 4) is 0 Å². The average molecular weight is 313 g/mol. The Morgan fingerprint density at radius 2 is 2.24 bits per heavy atom. The summed E-state index contributed by atoms with van der Waals surface area (Å²) in [5.74, 6) is 0.405. The van der Waals surface area contributed by atoms with Crippen molar-refractivity contribution >= 4 is 29.0 Å². The Kier molecular flexibility index (Phi) is 4.84. The van der Waals surface area contributed by atoms with E-state index < -0.39 is 0 Å². The molecule has 1 aromatic heterocycles. The van der Waals surface area contributed by atoms with Crippen LogP contribution in [-0.4, -0.2) is 59.8 Å². The number of carbonyl (C=O) groups is 1. The van der Waals surface area contributed by atoms with E-state index in [1.165, 1.54) is 0 Å². The third kappa shape index (κ3) is 3.36. The fraction of sp³-hybridized carbons (Fsp3) is 0.615. The molecule has 116 valence electrons. The van der Waals surface area contributed by atoms with Crippen LogP contribution in [0.4, 0.5) is 11.5 Å². The molecule has 1 fully saturated rings. The quantitative estimate of drug-likeness (QED) is 0.838. The third-order valence-corrected chi connectivity index (χ3v) is 4.10. The number of nitrogens with two attached hydrogens (primary N) is 1. The second-order valence-corrected chi connectivity index (χ2v) is 5.65. The van der Waals surface area contributed by atoms with Crippen LogP contribution in [0.25, 0.3) is 0 Å². The molecule has 1 saturated heterocycles. The van der Waals surface area contributed by atoms with E-state index in [1.54, 1.807) is 13.1 Å². The van der Waals surface area contributed by atoms with E-state index in [-0.39, 0.29) is 18.0 Å². The van der Waals surface area contributed by atoms with E-state index in [4.69, 9.17) is 17.3 Å². The second-order valence-electron chi connectivity index (χ2n) is 5.26. The van der Waals surface area contributed by atoms with Crippen LogP contribution in [0.2, 0.25) is 5.15 Å². The van der Waals surface area contributed by atoms with E-state index in [0.717, 1.165) is 25.3 Å². The van der Waals surface area contributed by atoms with Gasteiger partial charge in [0.15, 0.2) is 11.0 Å². The van der Waals surface area contributed by atoms with Gasteiger partial charge in [-0.25, -0.2) is 0 Å². The van der Waals surface area contributed by atoms with Gasteiger partial charge in [0.25, 0.3) is 0 Å². The van der Waals surface area contributed by atoms with Gasteiger partial charge in [-0.15, -0.1) is 10.2 Å². The van der Waals surface area contributed by atoms with Gasteiger partial charge in [0.1, 0.15) is 0 Å². The second kappa shape index (κ2) is 6.44. The van der Waals surface area contributed by atoms with E-state index in [1.807, 2.05) is 6.92 Å². The maximum Gasteiger partial charge on any atom is 0.236 e. The molecular weight excluding hydrogens is 292 g/mol. The van der Waals surface area contributed by atoms with Gasteiger partial charge in [-0.1, -0.05) is 11.6 Å². The minimum atomic E-state index is -0.149. The largest absolute Gasteiger partial charge is 0.380 e. The predicted octanol–water partition coefficient (Wildman–Crippen LogP) is 0.357. The monoisotopic (exact) mass is 312 g/mol. The van der Waals surface area contributed by atoms with Gasteiger partial charge in [-0.2, -0.15) is 0 Å². The van der Waals surface area contributed by atoms with Gasteiger partial charge < -0.3 is 16.0 Å². The minimum absolute atomic E-state index is 0.0310. The Morgan fingerprint density at radius 3 is 2.86 bits per heavy atom. The van der Waals surface area contributed by atoms with E-state index >= 15 is 0 Å². The highest BCUT2D eigenvalue weighted by atomic mass is 35.5. The molecule has 1 amide bonds. The zero-order chi connectivity index (χ0) is 15.6. The van der Waals surface area contributed by atoms with Crippen LogP contribution < -0.4 is 16.0 Å². The molecule has 0 spiro atoms. The number of aromatic nitrogens is 2. The van der Waals surface area contributed by atoms with Crippen LogP contribution in [0.5, 0.6) is 0 Å². The normalized spacial score (nSPS) is 21.1. The summed E-state index contributed by atoms with van der Waals surface area (Å²) in [7, 11) is 1.66. The van der Waals surface area contributed by atoms with Crippen LogP contribution in [0.15, 0.2) is 6.07 Å². The lowest BCUT2D eigenvalue weighted by Crippen LogP contribution is -2.58. The molecule has 21 heavy (non-hydrogen) atoms. The molecule has 0 saturated carbocycles. The number of nitrogens with one attached hydrogen (secondary N) is 1. The summed E-state index contributed by atoms with van der Waals surface area (Å²) in [4.78, 5) is 16.1. The maximum absolute atomic E-state index is 11.8. The molecule has 1 aliphatic rings. The lowest BCUT2D eigenvalue weighted by atomic mass is 10.1. The summed E-state index contributed by atoms with van der Waals surface area (Å²) in [5, 5.41) is 10.6. The number of nitrogen functional groups attached to an aromatic ring is 1. The van der Waals surface area contributed by atoms with Gasteiger partial charge in [0.05, 0.1) is 11.7 Å². The van der Waals surface area contributed by atoms with Gasteiger partial charge in [-0.3, -0.25) is 9.69 Å². The van der Waals surface area contributed by atoms with E-state index in [0.29, 0.717) is 11.0 Å². The Morgan fingerprint density at radius 1 is 1.52 bits per heavy atom. The molecule has 8 heteroatoms. The summed E-state index contributed by atoms with van der Waals surface area (Å²) in [6, 6.07) is 1.80. The molecule has 0 radical (unpaired) electrons. The summed E-state index contributed by atoms with van der Waals surface area (Å²) in [5.41, 5.74) is 6.68. The van der Waals surface area contributed by atoms with Crippen molar-refractivity contribution in [1.29, 1.82) is 0 Å². The highest BCUT2D eigenvalue weighted by Crippen LogP contribution is 2.26. The number of rotatable bonds is 3. The highest BCUT2D eigenvalue weighted by Gasteiger charge is 2.31. The summed E-state index contributed by atoms with van der Waals surface area (Å²) in [6.45, 7) is 6.31. The van der Waals surface area contributed by atoms with Crippen LogP contribution in [-0.2, 0) is 4.79 Å². The number of piperazine rings is 1. The molecule has 7 nitrogen and oxygen atoms in total. The number of halogens is 1. The SMILES string of the molecule is CNC(=O)C(C)N1CCN(c2cc(Cl)nnc2N)C[C@H]1C. The number of hydrogen-bond acceptors (Lipinski definition) is 6. The van der Waals surface area contributed by atoms with Crippen molar-refractivity contribution in [3.05, 3.63) is 11.2 Å². The minimum Gasteiger partial charge on any atom is -0.380 e. The molecule has 2 rings (SSSR count). The van der Waals surface area contributed by atoms with Crippen molar-refractivity contribution in [2.75, 3.05) is 37.3 Å². The van der Waals surface area contributed by atoms with Crippen LogP contribution in [0.3, 0.4) is 0 Å². The predicted molar refractivity (Wildman–Crippen MR) is 83.4 cm³/mol. The lowest BCUT2D eigenvalue weighted by Gasteiger charge is -2.43. The topological polar surface area (TPSA) is 87.4 Å². The van der Waals surface area contributed by atoms with E-state index in [9.17, 15) is 4.79 Å². The first kappa shape index (κ1) is 15.8. The summed E-state index contributed by atoms with van der Waals surface area (Å²) < 4.78 is 0. The fourth-order valence-electron chi connectivity index (χ4n) is 2.75. The summed E-state index contributed by atoms with van der Waals surface area (Å²) >= 11 is 5.89. The highest BCUT2D eigenvalue weighted by molar-refractivity contribution is 6.29. The van der Waals surface area contributed by atoms with Gasteiger partial charge in [-0.05, 0) is 13.8 Å². The number of anilines is 2. The molecule has 0 aliphatic carbocycles. The van der Waals surface area contributed by atoms with Gasteiger partial charge >= 0.3 is 0 Å². The molecule has 0 bridgehead atoms. The average Bonchev–Trinajstić information content (AvgIpc) is 2.48. The molecular formula is C13H21ClN6O. The van der Waals surface area contributed by atoms with Gasteiger partial charge in [0, 0.05) is 38.8 Å². The van der Waals surface area contributed by atoms with Crippen LogP contribution >= 0.6 is 11.6 Å². The zero-order valence-electron chi connectivity index (χ0n) is 12.5. The number of amides is 1. The standard InChI is InChI=1S/C13H21ClN6O/c1-8-7-19(10-6-11(14)17-18-12(10)15)4-5-20(8)9(2)13(21)16-3/h6,8-9H,4-5,7H2,1-3H3,(H2,15,18)(H,16,21)/t8-,9?/m1/s1. The zero-order valence-corrected chi connectivity index (χ0v) is 13.3. The number of hydrogen-bond donors (Lipinski definition) is 2. The maximum atomic E-state index is 11.8. The van der Waals surface area contributed by atoms with Crippen molar-refractivity contribution in [2.45, 2.75) is 25.9 Å². The summed E-state index contributed by atoms with van der Waals surface area (Å²) in [6.07, 6.45) is 0. The Labute approximate surface area is 129 Å². The molecule has 1 aromatic rings. The molecule has 2 atom stereocenters. The lowest BCUT2D eigenvalue weighted by molar-refractivity contribution is -0.126. The van der Waals surface area contributed by atoms with Crippen LogP contribution in [0, 0.1) is 0 Å². The smallest absolute Gasteiger partial charge is 0.236 e. The van der Waals surface area contributed by atoms with Crippen molar-refractivity contribution < 1.29 is 4.79 Å². The first-order valence-corrected chi connectivity index (χ1v) is 7.32. The molecule has 1 unspecified atom stereocenters. The number of carbonyl (C=O) groups excluding carboxylic acids is 1. The Hall–Kier alpha value is -1.60. The molecule has 0 aromatic carbocycles. The Balaban J connectivity index is 2.10. The first-order chi connectivity index (χ1) is 9.93. The van der Waals surface area contributed by atoms with Crippen molar-refractivity contribution in [2.24, 2.45) is 0 Å². The van der Waals surface area contributed by atoms with Crippen LogP contribution in [0.1, 0.15) is 13.8 Å². The third-order valence-electron chi connectivity index (χ3n) is 3.91.